The Morgan fingerprint density at radius 1 is 0.780 bits per heavy atom. The number of hydrogen-bond donors (Lipinski definition) is 0. The number of esters is 2. The van der Waals surface area contributed by atoms with Crippen molar-refractivity contribution < 1.29 is 42.7 Å². The molecule has 0 aromatic heterocycles. The number of allylic oxidation sites excluding steroid dienone is 2. The fourth-order valence-electron chi connectivity index (χ4n) is 7.54. The number of cyclic esters (lactones) is 1. The first-order valence-corrected chi connectivity index (χ1v) is 18.7. The van der Waals surface area contributed by atoms with E-state index in [2.05, 4.69) is 19.1 Å². The van der Waals surface area contributed by atoms with Crippen LogP contribution in [-0.4, -0.2) is 46.7 Å². The third-order valence-electron chi connectivity index (χ3n) is 10.2. The summed E-state index contributed by atoms with van der Waals surface area (Å²) in [6, 6.07) is 5.48. The summed E-state index contributed by atoms with van der Waals surface area (Å²) in [7, 11) is 4.53. The van der Waals surface area contributed by atoms with E-state index in [0.717, 1.165) is 43.2 Å². The van der Waals surface area contributed by atoms with Gasteiger partial charge in [-0.15, -0.1) is 0 Å². The molecule has 2 heterocycles. The second-order valence-electron chi connectivity index (χ2n) is 13.4. The van der Waals surface area contributed by atoms with Crippen molar-refractivity contribution in [2.24, 2.45) is 11.8 Å². The highest BCUT2D eigenvalue weighted by molar-refractivity contribution is 6.33. The van der Waals surface area contributed by atoms with Crippen LogP contribution in [-0.2, 0) is 19.1 Å². The normalized spacial score (nSPS) is 20.4. The van der Waals surface area contributed by atoms with E-state index in [-0.39, 0.29) is 30.4 Å². The van der Waals surface area contributed by atoms with Gasteiger partial charge in [0.2, 0.25) is 12.5 Å². The zero-order valence-corrected chi connectivity index (χ0v) is 30.8. The second-order valence-corrected chi connectivity index (χ2v) is 13.8. The number of unbranched alkanes of at least 4 members (excludes halogenated alkanes) is 11. The number of rotatable bonds is 20. The Labute approximate surface area is 301 Å². The number of ether oxygens (including phenoxy) is 7. The molecule has 50 heavy (non-hydrogen) atoms. The molecule has 2 aliphatic heterocycles. The van der Waals surface area contributed by atoms with E-state index < -0.39 is 23.9 Å². The molecule has 5 rings (SSSR count). The van der Waals surface area contributed by atoms with Crippen LogP contribution < -0.4 is 23.7 Å². The van der Waals surface area contributed by atoms with Crippen molar-refractivity contribution in [1.29, 1.82) is 0 Å². The van der Waals surface area contributed by atoms with Crippen LogP contribution in [0.4, 0.5) is 0 Å². The second kappa shape index (κ2) is 18.6. The topological polar surface area (TPSA) is 98.8 Å². The van der Waals surface area contributed by atoms with Crippen molar-refractivity contribution in [2.45, 2.75) is 109 Å². The number of benzene rings is 2. The summed E-state index contributed by atoms with van der Waals surface area (Å²) in [4.78, 5) is 26.8. The minimum atomic E-state index is -0.704. The van der Waals surface area contributed by atoms with Crippen LogP contribution in [0.2, 0.25) is 5.02 Å². The first-order valence-electron chi connectivity index (χ1n) is 18.4. The molecule has 1 saturated heterocycles. The van der Waals surface area contributed by atoms with Crippen molar-refractivity contribution >= 4 is 23.5 Å². The van der Waals surface area contributed by atoms with E-state index in [9.17, 15) is 9.59 Å². The van der Waals surface area contributed by atoms with Crippen molar-refractivity contribution in [2.75, 3.05) is 34.7 Å². The van der Waals surface area contributed by atoms with Gasteiger partial charge in [0.15, 0.2) is 23.0 Å². The van der Waals surface area contributed by atoms with Crippen LogP contribution in [0.5, 0.6) is 28.7 Å². The Hall–Kier alpha value is -3.59. The molecule has 1 fully saturated rings. The highest BCUT2D eigenvalue weighted by Gasteiger charge is 2.54. The fourth-order valence-corrected chi connectivity index (χ4v) is 7.88. The Kier molecular flexibility index (Phi) is 14.0. The molecule has 10 heteroatoms. The van der Waals surface area contributed by atoms with Crippen LogP contribution in [0, 0.1) is 11.8 Å². The van der Waals surface area contributed by atoms with Crippen LogP contribution in [0.1, 0.15) is 126 Å². The molecule has 2 aromatic rings. The maximum absolute atomic E-state index is 13.5. The highest BCUT2D eigenvalue weighted by atomic mass is 35.5. The van der Waals surface area contributed by atoms with Crippen molar-refractivity contribution in [1.82, 2.24) is 0 Å². The summed E-state index contributed by atoms with van der Waals surface area (Å²) in [6.07, 6.45) is 19.7. The average molecular weight is 713 g/mol. The van der Waals surface area contributed by atoms with Crippen molar-refractivity contribution in [3.05, 3.63) is 52.1 Å². The lowest BCUT2D eigenvalue weighted by atomic mass is 9.66. The molecule has 0 saturated carbocycles. The molecule has 0 radical (unpaired) electrons. The standard InChI is InChI=1S/C40H53ClO9/c1-5-6-7-8-9-10-11-12-13-14-15-16-17-18-19-20-33(42)50-37-27-22-31-30(48-25-49-31)21-26(27)34(35-29(37)24-47-40(35)43)28-23-32(44-2)38(45-3)39(46-4)36(28)41/h11-12,21-23,29,34-35,37H,5-10,13-20,24-25H2,1-4H3/b12-11-/t29-,34-,35-,37+/m0/s1. The van der Waals surface area contributed by atoms with Crippen LogP contribution >= 0.6 is 11.6 Å². The van der Waals surface area contributed by atoms with E-state index in [0.29, 0.717) is 40.7 Å². The molecule has 0 N–H and O–H groups in total. The Morgan fingerprint density at radius 3 is 2.04 bits per heavy atom. The molecule has 0 bridgehead atoms. The third-order valence-corrected chi connectivity index (χ3v) is 10.5. The molecular weight excluding hydrogens is 660 g/mol. The lowest BCUT2D eigenvalue weighted by Crippen LogP contribution is -2.36. The Bertz CT molecular complexity index is 1490. The molecule has 0 spiro atoms. The molecule has 2 aromatic carbocycles. The zero-order chi connectivity index (χ0) is 35.5. The molecule has 274 valence electrons. The molecular formula is C40H53ClO9. The van der Waals surface area contributed by atoms with Gasteiger partial charge in [0.05, 0.1) is 38.9 Å². The number of halogens is 1. The highest BCUT2D eigenvalue weighted by Crippen LogP contribution is 2.58. The van der Waals surface area contributed by atoms with Gasteiger partial charge in [-0.1, -0.05) is 82.0 Å². The average Bonchev–Trinajstić information content (AvgIpc) is 3.75. The minimum absolute atomic E-state index is 0.0725. The van der Waals surface area contributed by atoms with Gasteiger partial charge in [-0.25, -0.2) is 0 Å². The predicted octanol–water partition coefficient (Wildman–Crippen LogP) is 9.65. The van der Waals surface area contributed by atoms with E-state index in [4.69, 9.17) is 44.8 Å². The largest absolute Gasteiger partial charge is 0.493 e. The van der Waals surface area contributed by atoms with Crippen LogP contribution in [0.15, 0.2) is 30.4 Å². The number of methoxy groups -OCH3 is 3. The van der Waals surface area contributed by atoms with Gasteiger partial charge in [-0.05, 0) is 61.4 Å². The van der Waals surface area contributed by atoms with Gasteiger partial charge in [0.25, 0.3) is 0 Å². The lowest BCUT2D eigenvalue weighted by molar-refractivity contribution is -0.154. The van der Waals surface area contributed by atoms with Crippen molar-refractivity contribution in [3.8, 4) is 28.7 Å². The number of fused-ring (bicyclic) bond motifs is 3. The predicted molar refractivity (Wildman–Crippen MR) is 192 cm³/mol. The summed E-state index contributed by atoms with van der Waals surface area (Å²) in [5.74, 6) is -0.211. The lowest BCUT2D eigenvalue weighted by Gasteiger charge is -2.39. The van der Waals surface area contributed by atoms with E-state index in [1.54, 1.807) is 6.07 Å². The Balaban J connectivity index is 1.23. The van der Waals surface area contributed by atoms with Gasteiger partial charge in [0, 0.05) is 23.8 Å². The molecule has 9 nitrogen and oxygen atoms in total. The summed E-state index contributed by atoms with van der Waals surface area (Å²) < 4.78 is 40.2. The van der Waals surface area contributed by atoms with Gasteiger partial charge >= 0.3 is 11.9 Å². The van der Waals surface area contributed by atoms with Gasteiger partial charge < -0.3 is 33.2 Å². The smallest absolute Gasteiger partial charge is 0.310 e. The molecule has 4 atom stereocenters. The van der Waals surface area contributed by atoms with Crippen LogP contribution in [0.3, 0.4) is 0 Å². The first-order chi connectivity index (χ1) is 24.4. The summed E-state index contributed by atoms with van der Waals surface area (Å²) in [5.41, 5.74) is 2.08. The maximum Gasteiger partial charge on any atom is 0.310 e. The van der Waals surface area contributed by atoms with Crippen molar-refractivity contribution in [3.63, 3.8) is 0 Å². The number of hydrogen-bond acceptors (Lipinski definition) is 9. The molecule has 0 amide bonds. The summed E-state index contributed by atoms with van der Waals surface area (Å²) in [6.45, 7) is 2.44. The first kappa shape index (κ1) is 37.7. The van der Waals surface area contributed by atoms with Crippen LogP contribution in [0.25, 0.3) is 0 Å². The van der Waals surface area contributed by atoms with Gasteiger partial charge in [-0.2, -0.15) is 0 Å². The summed E-state index contributed by atoms with van der Waals surface area (Å²) >= 11 is 7.00. The number of carbonyl (C=O) groups excluding carboxylic acids is 2. The quantitative estimate of drug-likeness (QED) is 0.0755. The van der Waals surface area contributed by atoms with Gasteiger partial charge in [0.1, 0.15) is 6.10 Å². The van der Waals surface area contributed by atoms with E-state index in [1.807, 2.05) is 12.1 Å². The van der Waals surface area contributed by atoms with Gasteiger partial charge in [-0.3, -0.25) is 9.59 Å². The summed E-state index contributed by atoms with van der Waals surface area (Å²) in [5, 5.41) is 0.289. The third kappa shape index (κ3) is 8.64. The minimum Gasteiger partial charge on any atom is -0.493 e. The van der Waals surface area contributed by atoms with E-state index >= 15 is 0 Å². The number of carbonyl (C=O) groups is 2. The zero-order valence-electron chi connectivity index (χ0n) is 30.1. The monoisotopic (exact) mass is 712 g/mol. The maximum atomic E-state index is 13.5. The van der Waals surface area contributed by atoms with E-state index in [1.165, 1.54) is 72.7 Å². The SMILES string of the molecule is CCCCCCC/C=C\CCCCCCCCC(=O)O[C@@H]1c2cc3c(cc2[C@@H](c2cc(OC)c(OC)c(OC)c2Cl)[C@H]2C(=O)OC[C@@H]21)OCO3. The molecule has 3 aliphatic rings. The fraction of sp³-hybridized carbons (Fsp3) is 0.600. The molecule has 1 aliphatic carbocycles. The molecule has 0 unspecified atom stereocenters. The Morgan fingerprint density at radius 2 is 1.40 bits per heavy atom.